The summed E-state index contributed by atoms with van der Waals surface area (Å²) in [6.07, 6.45) is 0. The van der Waals surface area contributed by atoms with Crippen molar-refractivity contribution in [3.63, 3.8) is 0 Å². The van der Waals surface area contributed by atoms with Crippen molar-refractivity contribution in [2.24, 2.45) is 0 Å². The number of rotatable bonds is 7. The molecular formula is C25H33N2PSi2. The van der Waals surface area contributed by atoms with Gasteiger partial charge in [0.05, 0.1) is 0 Å². The first-order chi connectivity index (χ1) is 14.2. The van der Waals surface area contributed by atoms with E-state index < -0.39 is 16.5 Å². The van der Waals surface area contributed by atoms with Gasteiger partial charge < -0.3 is 9.13 Å². The van der Waals surface area contributed by atoms with Gasteiger partial charge in [-0.1, -0.05) is 106 Å². The average Bonchev–Trinajstić information content (AvgIpc) is 2.68. The minimum absolute atomic E-state index is 1.24. The Labute approximate surface area is 186 Å². The Morgan fingerprint density at radius 2 is 0.867 bits per heavy atom. The lowest BCUT2D eigenvalue weighted by Gasteiger charge is -2.47. The second-order valence-corrected chi connectivity index (χ2v) is 20.1. The molecule has 0 fully saturated rings. The van der Waals surface area contributed by atoms with Crippen LogP contribution >= 0.6 is 8.20 Å². The van der Waals surface area contributed by atoms with Crippen LogP contribution in [-0.4, -0.2) is 22.0 Å². The number of anilines is 2. The zero-order valence-electron chi connectivity index (χ0n) is 19.0. The average molecular weight is 449 g/mol. The summed E-state index contributed by atoms with van der Waals surface area (Å²) in [5, 5.41) is 1.32. The molecule has 156 valence electrons. The molecule has 0 aromatic heterocycles. The summed E-state index contributed by atoms with van der Waals surface area (Å²) in [5.74, 6) is 0. The predicted molar refractivity (Wildman–Crippen MR) is 143 cm³/mol. The first-order valence-corrected chi connectivity index (χ1v) is 18.3. The number of para-hydroxylation sites is 2. The van der Waals surface area contributed by atoms with E-state index in [1.54, 1.807) is 0 Å². The molecule has 0 saturated heterocycles. The summed E-state index contributed by atoms with van der Waals surface area (Å²) in [6, 6.07) is 32.7. The molecule has 0 aliphatic rings. The van der Waals surface area contributed by atoms with Gasteiger partial charge in [0, 0.05) is 16.7 Å². The van der Waals surface area contributed by atoms with E-state index in [1.165, 1.54) is 30.4 Å². The van der Waals surface area contributed by atoms with Crippen molar-refractivity contribution in [1.29, 1.82) is 0 Å². The third kappa shape index (κ3) is 5.51. The minimum Gasteiger partial charge on any atom is -0.353 e. The van der Waals surface area contributed by atoms with Gasteiger partial charge in [-0.05, 0) is 32.5 Å². The normalized spacial score (nSPS) is 11.9. The van der Waals surface area contributed by atoms with Gasteiger partial charge in [0.2, 0.25) is 0 Å². The molecule has 0 amide bonds. The molecule has 0 N–H and O–H groups in total. The van der Waals surface area contributed by atoms with E-state index in [1.807, 2.05) is 0 Å². The van der Waals surface area contributed by atoms with E-state index in [0.717, 1.165) is 0 Å². The van der Waals surface area contributed by atoms with Crippen LogP contribution in [0.25, 0.3) is 0 Å². The van der Waals surface area contributed by atoms with Gasteiger partial charge in [-0.25, -0.2) is 0 Å². The summed E-state index contributed by atoms with van der Waals surface area (Å²) in [5.41, 5.74) is 3.94. The largest absolute Gasteiger partial charge is 0.353 e. The molecule has 3 rings (SSSR count). The van der Waals surface area contributed by atoms with E-state index in [-0.39, 0.29) is 0 Å². The number of hydrogen-bond donors (Lipinski definition) is 0. The maximum absolute atomic E-state index is 2.66. The Hall–Kier alpha value is -2.14. The number of benzene rings is 3. The fourth-order valence-corrected chi connectivity index (χ4v) is 10.0. The molecule has 0 heterocycles. The van der Waals surface area contributed by atoms with E-state index in [0.29, 0.717) is 0 Å². The van der Waals surface area contributed by atoms with Crippen molar-refractivity contribution >= 4 is 46.9 Å². The standard InChI is InChI=1S/C25H33N2PSi2/c1-29(2,3)26(22-16-10-7-11-17-22)25(28-24-20-14-9-15-21-24)27(30(4,5)6)23-18-12-8-13-19-23/h7-21H,1-6H3. The number of hydrogen-bond acceptors (Lipinski definition) is 0. The lowest BCUT2D eigenvalue weighted by molar-refractivity contribution is 1.31. The van der Waals surface area contributed by atoms with Gasteiger partial charge in [-0.15, -0.1) is 0 Å². The van der Waals surface area contributed by atoms with Crippen molar-refractivity contribution in [1.82, 2.24) is 0 Å². The fourth-order valence-electron chi connectivity index (χ4n) is 3.58. The monoisotopic (exact) mass is 448 g/mol. The topological polar surface area (TPSA) is 6.48 Å². The SMILES string of the molecule is C[Si](C)(C)N(C(=Pc1ccccc1)N(c1ccccc1)[Si](C)(C)C)c1ccccc1. The first-order valence-electron chi connectivity index (χ1n) is 10.5. The quantitative estimate of drug-likeness (QED) is 0.283. The zero-order chi connectivity index (χ0) is 21.8. The first kappa shape index (κ1) is 22.5. The molecule has 0 spiro atoms. The van der Waals surface area contributed by atoms with Gasteiger partial charge in [0.25, 0.3) is 0 Å². The van der Waals surface area contributed by atoms with Gasteiger partial charge in [-0.2, -0.15) is 0 Å². The Balaban J connectivity index is 2.30. The Kier molecular flexibility index (Phi) is 7.02. The van der Waals surface area contributed by atoms with Gasteiger partial charge in [-0.3, -0.25) is 0 Å². The second kappa shape index (κ2) is 9.34. The lowest BCUT2D eigenvalue weighted by atomic mass is 10.3. The van der Waals surface area contributed by atoms with Gasteiger partial charge >= 0.3 is 0 Å². The highest BCUT2D eigenvalue weighted by atomic mass is 31.1. The molecule has 3 aromatic carbocycles. The lowest BCUT2D eigenvalue weighted by Crippen LogP contribution is -2.61. The molecule has 3 aromatic rings. The smallest absolute Gasteiger partial charge is 0.155 e. The van der Waals surface area contributed by atoms with E-state index in [4.69, 9.17) is 0 Å². The summed E-state index contributed by atoms with van der Waals surface area (Å²) in [6.45, 7) is 14.6. The second-order valence-electron chi connectivity index (χ2n) is 9.43. The van der Waals surface area contributed by atoms with Crippen molar-refractivity contribution in [2.75, 3.05) is 9.13 Å². The highest BCUT2D eigenvalue weighted by molar-refractivity contribution is 7.50. The molecule has 0 aliphatic heterocycles. The van der Waals surface area contributed by atoms with Crippen LogP contribution in [0, 0.1) is 0 Å². The fraction of sp³-hybridized carbons (Fsp3) is 0.240. The van der Waals surface area contributed by atoms with Crippen LogP contribution in [0.4, 0.5) is 11.4 Å². The molecule has 0 unspecified atom stereocenters. The third-order valence-electron chi connectivity index (χ3n) is 4.76. The maximum Gasteiger partial charge on any atom is 0.155 e. The molecule has 2 nitrogen and oxygen atoms in total. The van der Waals surface area contributed by atoms with Gasteiger partial charge in [0.1, 0.15) is 5.54 Å². The molecule has 0 atom stereocenters. The van der Waals surface area contributed by atoms with Gasteiger partial charge in [0.15, 0.2) is 16.5 Å². The van der Waals surface area contributed by atoms with E-state index in [2.05, 4.69) is 139 Å². The molecule has 5 heteroatoms. The van der Waals surface area contributed by atoms with Crippen molar-refractivity contribution in [2.45, 2.75) is 39.3 Å². The van der Waals surface area contributed by atoms with Crippen LogP contribution < -0.4 is 14.4 Å². The van der Waals surface area contributed by atoms with Crippen LogP contribution in [0.3, 0.4) is 0 Å². The van der Waals surface area contributed by atoms with Crippen molar-refractivity contribution < 1.29 is 0 Å². The van der Waals surface area contributed by atoms with Crippen LogP contribution in [0.1, 0.15) is 0 Å². The molecule has 0 radical (unpaired) electrons. The van der Waals surface area contributed by atoms with Crippen LogP contribution in [0.15, 0.2) is 91.0 Å². The zero-order valence-corrected chi connectivity index (χ0v) is 21.9. The summed E-state index contributed by atoms with van der Waals surface area (Å²) in [4.78, 5) is 0. The van der Waals surface area contributed by atoms with Crippen molar-refractivity contribution in [3.05, 3.63) is 91.0 Å². The molecule has 30 heavy (non-hydrogen) atoms. The van der Waals surface area contributed by atoms with E-state index >= 15 is 0 Å². The Bertz CT molecular complexity index is 903. The highest BCUT2D eigenvalue weighted by Crippen LogP contribution is 2.31. The van der Waals surface area contributed by atoms with Crippen LogP contribution in [0.2, 0.25) is 39.3 Å². The third-order valence-corrected chi connectivity index (χ3v) is 9.91. The van der Waals surface area contributed by atoms with Crippen molar-refractivity contribution in [3.8, 4) is 0 Å². The number of nitrogens with zero attached hydrogens (tertiary/aromatic N) is 2. The summed E-state index contributed by atoms with van der Waals surface area (Å²) in [7, 11) is -2.26. The predicted octanol–water partition coefficient (Wildman–Crippen LogP) is 7.03. The van der Waals surface area contributed by atoms with Crippen LogP contribution in [0.5, 0.6) is 0 Å². The van der Waals surface area contributed by atoms with Crippen LogP contribution in [-0.2, 0) is 0 Å². The van der Waals surface area contributed by atoms with E-state index in [9.17, 15) is 0 Å². The summed E-state index contributed by atoms with van der Waals surface area (Å²) < 4.78 is 5.32. The molecular weight excluding hydrogens is 415 g/mol. The Morgan fingerprint density at radius 3 is 1.20 bits per heavy atom. The summed E-state index contributed by atoms with van der Waals surface area (Å²) >= 11 is 0. The highest BCUT2D eigenvalue weighted by Gasteiger charge is 2.36. The molecule has 0 bridgehead atoms. The minimum atomic E-state index is -1.75. The Morgan fingerprint density at radius 1 is 0.533 bits per heavy atom. The molecule has 0 aliphatic carbocycles. The molecule has 0 saturated carbocycles. The maximum atomic E-state index is 2.66.